The molecule has 0 atom stereocenters. The average Bonchev–Trinajstić information content (AvgIpc) is 2.35. The van der Waals surface area contributed by atoms with Crippen LogP contribution in [0.1, 0.15) is 13.8 Å². The summed E-state index contributed by atoms with van der Waals surface area (Å²) in [6.07, 6.45) is 1.36. The van der Waals surface area contributed by atoms with Crippen LogP contribution in [0.3, 0.4) is 0 Å². The predicted octanol–water partition coefficient (Wildman–Crippen LogP) is 1.30. The minimum Gasteiger partial charge on any atom is -0.354 e. The third-order valence-corrected chi connectivity index (χ3v) is 2.64. The molecule has 94 valence electrons. The van der Waals surface area contributed by atoms with Gasteiger partial charge < -0.3 is 9.80 Å². The minimum absolute atomic E-state index is 0.0406. The minimum atomic E-state index is -0.428. The maximum atomic E-state index is 11.2. The van der Waals surface area contributed by atoms with Crippen LogP contribution in [0, 0.1) is 10.1 Å². The summed E-state index contributed by atoms with van der Waals surface area (Å²) in [5.41, 5.74) is -0.0406. The van der Waals surface area contributed by atoms with Crippen molar-refractivity contribution in [2.75, 3.05) is 37.0 Å². The average molecular weight is 239 g/mol. The lowest BCUT2D eigenvalue weighted by atomic mass is 10.3. The molecule has 0 radical (unpaired) electrons. The van der Waals surface area contributed by atoms with Crippen LogP contribution >= 0.6 is 0 Å². The fourth-order valence-corrected chi connectivity index (χ4v) is 1.38. The first-order valence-electron chi connectivity index (χ1n) is 5.44. The van der Waals surface area contributed by atoms with E-state index in [2.05, 4.69) is 9.97 Å². The van der Waals surface area contributed by atoms with Crippen molar-refractivity contribution in [2.45, 2.75) is 13.8 Å². The maximum Gasteiger partial charge on any atom is 0.353 e. The molecule has 1 heterocycles. The van der Waals surface area contributed by atoms with Crippen molar-refractivity contribution in [2.24, 2.45) is 0 Å². The first-order valence-corrected chi connectivity index (χ1v) is 5.44. The second-order valence-electron chi connectivity index (χ2n) is 3.65. The molecule has 0 fully saturated rings. The SMILES string of the molecule is CCN(C)c1ncnc(N(C)CC)c1[N+](=O)[O-]. The Kier molecular flexibility index (Phi) is 4.19. The van der Waals surface area contributed by atoms with Gasteiger partial charge in [0.1, 0.15) is 6.33 Å². The Balaban J connectivity index is 3.37. The van der Waals surface area contributed by atoms with Crippen molar-refractivity contribution < 1.29 is 4.92 Å². The Morgan fingerprint density at radius 2 is 1.59 bits per heavy atom. The zero-order valence-corrected chi connectivity index (χ0v) is 10.5. The molecule has 0 unspecified atom stereocenters. The van der Waals surface area contributed by atoms with E-state index in [1.54, 1.807) is 23.9 Å². The van der Waals surface area contributed by atoms with E-state index in [0.717, 1.165) is 0 Å². The summed E-state index contributed by atoms with van der Waals surface area (Å²) in [5, 5.41) is 11.2. The molecule has 0 amide bonds. The highest BCUT2D eigenvalue weighted by Crippen LogP contribution is 2.32. The van der Waals surface area contributed by atoms with Crippen LogP contribution in [-0.4, -0.2) is 42.1 Å². The van der Waals surface area contributed by atoms with E-state index in [1.807, 2.05) is 13.8 Å². The number of aromatic nitrogens is 2. The van der Waals surface area contributed by atoms with Gasteiger partial charge >= 0.3 is 5.69 Å². The van der Waals surface area contributed by atoms with E-state index in [1.165, 1.54) is 6.33 Å². The van der Waals surface area contributed by atoms with Gasteiger partial charge in [-0.1, -0.05) is 0 Å². The molecule has 1 rings (SSSR count). The molecule has 7 nitrogen and oxygen atoms in total. The lowest BCUT2D eigenvalue weighted by molar-refractivity contribution is -0.383. The number of hydrogen-bond acceptors (Lipinski definition) is 6. The molecule has 7 heteroatoms. The van der Waals surface area contributed by atoms with Gasteiger partial charge in [-0.05, 0) is 13.8 Å². The van der Waals surface area contributed by atoms with Crippen molar-refractivity contribution in [3.05, 3.63) is 16.4 Å². The standard InChI is InChI=1S/C10H17N5O2/c1-5-13(3)9-8(15(16)17)10(12-7-11-9)14(4)6-2/h7H,5-6H2,1-4H3. The normalized spacial score (nSPS) is 10.1. The number of anilines is 2. The topological polar surface area (TPSA) is 75.4 Å². The number of nitro groups is 1. The van der Waals surface area contributed by atoms with E-state index in [9.17, 15) is 10.1 Å². The Hall–Kier alpha value is -1.92. The summed E-state index contributed by atoms with van der Waals surface area (Å²) in [4.78, 5) is 22.2. The van der Waals surface area contributed by atoms with E-state index >= 15 is 0 Å². The van der Waals surface area contributed by atoms with Crippen LogP contribution in [0.2, 0.25) is 0 Å². The third kappa shape index (κ3) is 2.61. The largest absolute Gasteiger partial charge is 0.354 e. The molecule has 0 spiro atoms. The molecule has 0 bridgehead atoms. The monoisotopic (exact) mass is 239 g/mol. The summed E-state index contributed by atoms with van der Waals surface area (Å²) >= 11 is 0. The van der Waals surface area contributed by atoms with Gasteiger partial charge in [-0.2, -0.15) is 0 Å². The molecule has 0 aliphatic carbocycles. The lowest BCUT2D eigenvalue weighted by Gasteiger charge is -2.19. The zero-order chi connectivity index (χ0) is 13.0. The van der Waals surface area contributed by atoms with Crippen molar-refractivity contribution >= 4 is 17.3 Å². The third-order valence-electron chi connectivity index (χ3n) is 2.64. The first kappa shape index (κ1) is 13.1. The van der Waals surface area contributed by atoms with Gasteiger partial charge in [-0.25, -0.2) is 9.97 Å². The van der Waals surface area contributed by atoms with Gasteiger partial charge in [0, 0.05) is 27.2 Å². The van der Waals surface area contributed by atoms with Crippen molar-refractivity contribution in [3.63, 3.8) is 0 Å². The fraction of sp³-hybridized carbons (Fsp3) is 0.600. The van der Waals surface area contributed by atoms with E-state index in [0.29, 0.717) is 24.7 Å². The fourth-order valence-electron chi connectivity index (χ4n) is 1.38. The van der Waals surface area contributed by atoms with Gasteiger partial charge in [0.15, 0.2) is 0 Å². The highest BCUT2D eigenvalue weighted by atomic mass is 16.6. The summed E-state index contributed by atoms with van der Waals surface area (Å²) in [5.74, 6) is 0.700. The molecule has 17 heavy (non-hydrogen) atoms. The van der Waals surface area contributed by atoms with Gasteiger partial charge in [0.2, 0.25) is 11.6 Å². The summed E-state index contributed by atoms with van der Waals surface area (Å²) in [6.45, 7) is 5.12. The van der Waals surface area contributed by atoms with Crippen molar-refractivity contribution in [1.29, 1.82) is 0 Å². The molecule has 1 aromatic heterocycles. The van der Waals surface area contributed by atoms with Crippen LogP contribution in [0.25, 0.3) is 0 Å². The van der Waals surface area contributed by atoms with Gasteiger partial charge in [-0.15, -0.1) is 0 Å². The molecule has 0 aromatic carbocycles. The molecular formula is C10H17N5O2. The molecule has 0 aliphatic rings. The second kappa shape index (κ2) is 5.42. The number of rotatable bonds is 5. The molecule has 0 saturated heterocycles. The van der Waals surface area contributed by atoms with Crippen LogP contribution in [-0.2, 0) is 0 Å². The molecule has 0 saturated carbocycles. The van der Waals surface area contributed by atoms with Crippen LogP contribution < -0.4 is 9.80 Å². The van der Waals surface area contributed by atoms with E-state index in [-0.39, 0.29) is 5.69 Å². The zero-order valence-electron chi connectivity index (χ0n) is 10.5. The molecule has 0 N–H and O–H groups in total. The first-order chi connectivity index (χ1) is 8.02. The van der Waals surface area contributed by atoms with Gasteiger partial charge in [0.05, 0.1) is 4.92 Å². The smallest absolute Gasteiger partial charge is 0.353 e. The van der Waals surface area contributed by atoms with Crippen molar-refractivity contribution in [3.8, 4) is 0 Å². The van der Waals surface area contributed by atoms with Gasteiger partial charge in [0.25, 0.3) is 0 Å². The predicted molar refractivity (Wildman–Crippen MR) is 66.6 cm³/mol. The molecular weight excluding hydrogens is 222 g/mol. The van der Waals surface area contributed by atoms with Crippen molar-refractivity contribution in [1.82, 2.24) is 9.97 Å². The second-order valence-corrected chi connectivity index (χ2v) is 3.65. The lowest BCUT2D eigenvalue weighted by Crippen LogP contribution is -2.23. The Morgan fingerprint density at radius 3 is 1.88 bits per heavy atom. The Morgan fingerprint density at radius 1 is 1.18 bits per heavy atom. The molecule has 1 aromatic rings. The van der Waals surface area contributed by atoms with Crippen LogP contribution in [0.5, 0.6) is 0 Å². The highest BCUT2D eigenvalue weighted by molar-refractivity contribution is 5.70. The Labute approximate surface area is 100 Å². The summed E-state index contributed by atoms with van der Waals surface area (Å²) < 4.78 is 0. The highest BCUT2D eigenvalue weighted by Gasteiger charge is 2.26. The van der Waals surface area contributed by atoms with Crippen LogP contribution in [0.4, 0.5) is 17.3 Å². The maximum absolute atomic E-state index is 11.2. The Bertz CT molecular complexity index is 381. The number of hydrogen-bond donors (Lipinski definition) is 0. The number of nitrogens with zero attached hydrogens (tertiary/aromatic N) is 5. The van der Waals surface area contributed by atoms with E-state index in [4.69, 9.17) is 0 Å². The molecule has 0 aliphatic heterocycles. The van der Waals surface area contributed by atoms with E-state index < -0.39 is 4.92 Å². The summed E-state index contributed by atoms with van der Waals surface area (Å²) in [6, 6.07) is 0. The van der Waals surface area contributed by atoms with Gasteiger partial charge in [-0.3, -0.25) is 10.1 Å². The van der Waals surface area contributed by atoms with Crippen LogP contribution in [0.15, 0.2) is 6.33 Å². The summed E-state index contributed by atoms with van der Waals surface area (Å²) in [7, 11) is 3.54. The quantitative estimate of drug-likeness (QED) is 0.569.